The predicted molar refractivity (Wildman–Crippen MR) is 73.1 cm³/mol. The number of halogens is 1. The molecule has 0 bridgehead atoms. The fraction of sp³-hybridized carbons (Fsp3) is 0.0714. The zero-order chi connectivity index (χ0) is 11.8. The summed E-state index contributed by atoms with van der Waals surface area (Å²) in [5, 5.41) is 9.40. The molecule has 0 radical (unpaired) electrons. The van der Waals surface area contributed by atoms with E-state index in [1.165, 1.54) is 0 Å². The van der Waals surface area contributed by atoms with Gasteiger partial charge in [-0.3, -0.25) is 0 Å². The van der Waals surface area contributed by atoms with E-state index in [1.807, 2.05) is 42.5 Å². The van der Waals surface area contributed by atoms with Gasteiger partial charge in [0.15, 0.2) is 0 Å². The molecule has 0 aliphatic carbocycles. The Labute approximate surface area is 113 Å². The molecular formula is C14H8INO. The van der Waals surface area contributed by atoms with Crippen molar-refractivity contribution in [2.45, 2.75) is 5.92 Å². The van der Waals surface area contributed by atoms with E-state index in [9.17, 15) is 5.26 Å². The number of nitriles is 1. The van der Waals surface area contributed by atoms with Crippen molar-refractivity contribution in [1.82, 2.24) is 0 Å². The third-order valence-electron chi connectivity index (χ3n) is 2.88. The molecule has 2 nitrogen and oxygen atoms in total. The minimum Gasteiger partial charge on any atom is -0.457 e. The van der Waals surface area contributed by atoms with E-state index < -0.39 is 0 Å². The van der Waals surface area contributed by atoms with Crippen LogP contribution in [-0.4, -0.2) is 0 Å². The van der Waals surface area contributed by atoms with Gasteiger partial charge in [-0.2, -0.15) is 5.26 Å². The Morgan fingerprint density at radius 1 is 1.06 bits per heavy atom. The van der Waals surface area contributed by atoms with Crippen LogP contribution in [-0.2, 0) is 0 Å². The molecule has 82 valence electrons. The predicted octanol–water partition coefficient (Wildman–Crippen LogP) is 4.05. The highest BCUT2D eigenvalue weighted by Gasteiger charge is 2.28. The van der Waals surface area contributed by atoms with Gasteiger partial charge in [-0.05, 0) is 40.8 Å². The zero-order valence-corrected chi connectivity index (χ0v) is 11.0. The quantitative estimate of drug-likeness (QED) is 0.682. The molecule has 17 heavy (non-hydrogen) atoms. The molecule has 0 aromatic heterocycles. The molecule has 1 unspecified atom stereocenters. The second-order valence-corrected chi connectivity index (χ2v) is 5.02. The van der Waals surface area contributed by atoms with E-state index in [-0.39, 0.29) is 5.92 Å². The molecule has 3 rings (SSSR count). The van der Waals surface area contributed by atoms with Crippen molar-refractivity contribution in [2.75, 3.05) is 0 Å². The maximum atomic E-state index is 9.40. The largest absolute Gasteiger partial charge is 0.457 e. The van der Waals surface area contributed by atoms with Crippen LogP contribution in [0.3, 0.4) is 0 Å². The summed E-state index contributed by atoms with van der Waals surface area (Å²) >= 11 is 2.25. The van der Waals surface area contributed by atoms with Crippen LogP contribution in [0.5, 0.6) is 11.5 Å². The first-order valence-corrected chi connectivity index (χ1v) is 6.34. The van der Waals surface area contributed by atoms with Gasteiger partial charge in [0, 0.05) is 14.7 Å². The van der Waals surface area contributed by atoms with Crippen LogP contribution >= 0.6 is 22.6 Å². The average Bonchev–Trinajstić information content (AvgIpc) is 2.36. The number of para-hydroxylation sites is 1. The van der Waals surface area contributed by atoms with Crippen molar-refractivity contribution in [3.63, 3.8) is 0 Å². The van der Waals surface area contributed by atoms with Gasteiger partial charge < -0.3 is 4.74 Å². The third-order valence-corrected chi connectivity index (χ3v) is 3.82. The lowest BCUT2D eigenvalue weighted by atomic mass is 9.89. The van der Waals surface area contributed by atoms with Gasteiger partial charge in [0.25, 0.3) is 0 Å². The number of hydrogen-bond donors (Lipinski definition) is 0. The molecule has 0 saturated carbocycles. The SMILES string of the molecule is N#CC1c2ccccc2Oc2cccc(I)c21. The zero-order valence-electron chi connectivity index (χ0n) is 8.85. The van der Waals surface area contributed by atoms with Gasteiger partial charge >= 0.3 is 0 Å². The topological polar surface area (TPSA) is 33.0 Å². The van der Waals surface area contributed by atoms with Crippen molar-refractivity contribution in [3.05, 3.63) is 57.2 Å². The molecule has 0 fully saturated rings. The van der Waals surface area contributed by atoms with Crippen LogP contribution in [0.1, 0.15) is 17.0 Å². The molecule has 1 heterocycles. The van der Waals surface area contributed by atoms with Crippen LogP contribution in [0.4, 0.5) is 0 Å². The summed E-state index contributed by atoms with van der Waals surface area (Å²) in [6, 6.07) is 16.0. The number of hydrogen-bond acceptors (Lipinski definition) is 2. The fourth-order valence-corrected chi connectivity index (χ4v) is 2.89. The van der Waals surface area contributed by atoms with Crippen molar-refractivity contribution >= 4 is 22.6 Å². The molecule has 2 aromatic carbocycles. The number of nitrogens with zero attached hydrogens (tertiary/aromatic N) is 1. The highest BCUT2D eigenvalue weighted by atomic mass is 127. The van der Waals surface area contributed by atoms with E-state index in [2.05, 4.69) is 28.7 Å². The van der Waals surface area contributed by atoms with E-state index in [0.29, 0.717) is 0 Å². The monoisotopic (exact) mass is 333 g/mol. The molecule has 0 spiro atoms. The number of benzene rings is 2. The Balaban J connectivity index is 2.28. The Bertz CT molecular complexity index is 630. The Morgan fingerprint density at radius 2 is 1.82 bits per heavy atom. The summed E-state index contributed by atoms with van der Waals surface area (Å²) in [6.45, 7) is 0. The Hall–Kier alpha value is -1.54. The van der Waals surface area contributed by atoms with Crippen molar-refractivity contribution in [1.29, 1.82) is 5.26 Å². The lowest BCUT2D eigenvalue weighted by Gasteiger charge is -2.24. The van der Waals surface area contributed by atoms with Crippen molar-refractivity contribution in [2.24, 2.45) is 0 Å². The smallest absolute Gasteiger partial charge is 0.133 e. The highest BCUT2D eigenvalue weighted by Crippen LogP contribution is 2.45. The maximum Gasteiger partial charge on any atom is 0.133 e. The minimum absolute atomic E-state index is 0.233. The second kappa shape index (κ2) is 4.04. The number of ether oxygens (including phenoxy) is 1. The summed E-state index contributed by atoms with van der Waals surface area (Å²) in [4.78, 5) is 0. The molecule has 2 aromatic rings. The second-order valence-electron chi connectivity index (χ2n) is 3.85. The lowest BCUT2D eigenvalue weighted by Crippen LogP contribution is -2.10. The van der Waals surface area contributed by atoms with Crippen LogP contribution in [0, 0.1) is 14.9 Å². The lowest BCUT2D eigenvalue weighted by molar-refractivity contribution is 0.454. The molecule has 0 N–H and O–H groups in total. The number of fused-ring (bicyclic) bond motifs is 2. The van der Waals surface area contributed by atoms with E-state index in [1.54, 1.807) is 0 Å². The first kappa shape index (κ1) is 10.6. The van der Waals surface area contributed by atoms with Crippen LogP contribution in [0.2, 0.25) is 0 Å². The van der Waals surface area contributed by atoms with E-state index >= 15 is 0 Å². The minimum atomic E-state index is -0.233. The molecule has 1 aliphatic heterocycles. The van der Waals surface area contributed by atoms with Gasteiger partial charge in [0.1, 0.15) is 17.4 Å². The van der Waals surface area contributed by atoms with Gasteiger partial charge in [0.05, 0.1) is 6.07 Å². The van der Waals surface area contributed by atoms with Gasteiger partial charge in [-0.25, -0.2) is 0 Å². The summed E-state index contributed by atoms with van der Waals surface area (Å²) < 4.78 is 6.90. The average molecular weight is 333 g/mol. The summed E-state index contributed by atoms with van der Waals surface area (Å²) in [7, 11) is 0. The van der Waals surface area contributed by atoms with E-state index in [4.69, 9.17) is 4.74 Å². The van der Waals surface area contributed by atoms with Crippen molar-refractivity contribution in [3.8, 4) is 17.6 Å². The molecule has 1 aliphatic rings. The standard InChI is InChI=1S/C14H8INO/c15-11-5-3-7-13-14(11)10(8-16)9-4-1-2-6-12(9)17-13/h1-7,10H. The van der Waals surface area contributed by atoms with Crippen LogP contribution in [0.15, 0.2) is 42.5 Å². The molecule has 0 saturated heterocycles. The van der Waals surface area contributed by atoms with Crippen LogP contribution < -0.4 is 4.74 Å². The normalized spacial score (nSPS) is 16.4. The summed E-state index contributed by atoms with van der Waals surface area (Å²) in [5.41, 5.74) is 1.93. The molecule has 0 amide bonds. The van der Waals surface area contributed by atoms with Crippen LogP contribution in [0.25, 0.3) is 0 Å². The summed E-state index contributed by atoms with van der Waals surface area (Å²) in [6.07, 6.45) is 0. The fourth-order valence-electron chi connectivity index (χ4n) is 2.11. The molecule has 1 atom stereocenters. The van der Waals surface area contributed by atoms with Gasteiger partial charge in [-0.1, -0.05) is 24.3 Å². The first-order chi connectivity index (χ1) is 8.31. The van der Waals surface area contributed by atoms with Gasteiger partial charge in [-0.15, -0.1) is 0 Å². The number of rotatable bonds is 0. The first-order valence-electron chi connectivity index (χ1n) is 5.26. The highest BCUT2D eigenvalue weighted by molar-refractivity contribution is 14.1. The summed E-state index contributed by atoms with van der Waals surface area (Å²) in [5.74, 6) is 1.35. The van der Waals surface area contributed by atoms with E-state index in [0.717, 1.165) is 26.2 Å². The Morgan fingerprint density at radius 3 is 2.65 bits per heavy atom. The third kappa shape index (κ3) is 1.60. The van der Waals surface area contributed by atoms with Gasteiger partial charge in [0.2, 0.25) is 0 Å². The molecular weight excluding hydrogens is 325 g/mol. The molecule has 3 heteroatoms. The maximum absolute atomic E-state index is 9.40. The Kier molecular flexibility index (Phi) is 2.52. The van der Waals surface area contributed by atoms with Crippen molar-refractivity contribution < 1.29 is 4.74 Å².